The highest BCUT2D eigenvalue weighted by Gasteiger charge is 2.09. The van der Waals surface area contributed by atoms with E-state index in [0.717, 1.165) is 11.8 Å². The van der Waals surface area contributed by atoms with Crippen molar-refractivity contribution in [3.8, 4) is 11.6 Å². The first-order chi connectivity index (χ1) is 8.06. The molecule has 0 spiro atoms. The highest BCUT2D eigenvalue weighted by molar-refractivity contribution is 5.49. The number of nitrogens with zero attached hydrogens (tertiary/aromatic N) is 1. The molecule has 0 fully saturated rings. The molecule has 0 atom stereocenters. The van der Waals surface area contributed by atoms with Crippen molar-refractivity contribution < 1.29 is 13.5 Å². The Labute approximate surface area is 96.9 Å². The number of ether oxygens (including phenoxy) is 1. The molecule has 0 radical (unpaired) electrons. The van der Waals surface area contributed by atoms with Gasteiger partial charge >= 0.3 is 0 Å². The Morgan fingerprint density at radius 3 is 2.71 bits per heavy atom. The van der Waals surface area contributed by atoms with Crippen molar-refractivity contribution in [2.45, 2.75) is 6.92 Å². The van der Waals surface area contributed by atoms with Crippen molar-refractivity contribution >= 4 is 5.69 Å². The lowest BCUT2D eigenvalue weighted by Crippen LogP contribution is -1.96. The van der Waals surface area contributed by atoms with Crippen LogP contribution in [-0.4, -0.2) is 4.98 Å². The van der Waals surface area contributed by atoms with E-state index < -0.39 is 11.6 Å². The van der Waals surface area contributed by atoms with Gasteiger partial charge in [-0.15, -0.1) is 0 Å². The second kappa shape index (κ2) is 4.37. The summed E-state index contributed by atoms with van der Waals surface area (Å²) in [7, 11) is 0. The number of hydrogen-bond acceptors (Lipinski definition) is 3. The molecule has 0 bridgehead atoms. The Morgan fingerprint density at radius 2 is 2.00 bits per heavy atom. The molecular formula is C12H10F2N2O. The van der Waals surface area contributed by atoms with E-state index in [1.165, 1.54) is 0 Å². The fourth-order valence-electron chi connectivity index (χ4n) is 1.31. The maximum absolute atomic E-state index is 13.3. The molecule has 1 aromatic carbocycles. The van der Waals surface area contributed by atoms with Crippen LogP contribution in [0.15, 0.2) is 30.5 Å². The lowest BCUT2D eigenvalue weighted by molar-refractivity contribution is 0.414. The summed E-state index contributed by atoms with van der Waals surface area (Å²) >= 11 is 0. The zero-order valence-corrected chi connectivity index (χ0v) is 9.08. The van der Waals surface area contributed by atoms with Crippen molar-refractivity contribution in [1.82, 2.24) is 4.98 Å². The average Bonchev–Trinajstić information content (AvgIpc) is 2.27. The van der Waals surface area contributed by atoms with Crippen LogP contribution >= 0.6 is 0 Å². The van der Waals surface area contributed by atoms with Crippen LogP contribution in [0.3, 0.4) is 0 Å². The zero-order chi connectivity index (χ0) is 12.4. The fraction of sp³-hybridized carbons (Fsp3) is 0.0833. The van der Waals surface area contributed by atoms with E-state index in [9.17, 15) is 8.78 Å². The minimum atomic E-state index is -0.855. The smallest absolute Gasteiger partial charge is 0.256 e. The van der Waals surface area contributed by atoms with Gasteiger partial charge in [-0.05, 0) is 18.6 Å². The van der Waals surface area contributed by atoms with E-state index in [-0.39, 0.29) is 5.88 Å². The predicted molar refractivity (Wildman–Crippen MR) is 59.8 cm³/mol. The summed E-state index contributed by atoms with van der Waals surface area (Å²) in [4.78, 5) is 3.53. The van der Waals surface area contributed by atoms with Gasteiger partial charge in [0.1, 0.15) is 11.6 Å². The molecule has 3 nitrogen and oxygen atoms in total. The molecule has 2 N–H and O–H groups in total. The molecule has 17 heavy (non-hydrogen) atoms. The maximum Gasteiger partial charge on any atom is 0.256 e. The van der Waals surface area contributed by atoms with E-state index in [1.54, 1.807) is 25.1 Å². The normalized spacial score (nSPS) is 10.3. The Kier molecular flexibility index (Phi) is 2.91. The van der Waals surface area contributed by atoms with Crippen LogP contribution in [0, 0.1) is 18.6 Å². The highest BCUT2D eigenvalue weighted by Crippen LogP contribution is 2.27. The Morgan fingerprint density at radius 1 is 1.24 bits per heavy atom. The number of aromatic nitrogens is 1. The third-order valence-corrected chi connectivity index (χ3v) is 2.19. The number of aryl methyl sites for hydroxylation is 1. The van der Waals surface area contributed by atoms with Gasteiger partial charge in [-0.2, -0.15) is 0 Å². The monoisotopic (exact) mass is 236 g/mol. The van der Waals surface area contributed by atoms with E-state index in [0.29, 0.717) is 17.5 Å². The molecule has 0 aliphatic rings. The van der Waals surface area contributed by atoms with E-state index in [1.807, 2.05) is 0 Å². The van der Waals surface area contributed by atoms with Crippen molar-refractivity contribution in [2.24, 2.45) is 0 Å². The molecule has 0 unspecified atom stereocenters. The fourth-order valence-corrected chi connectivity index (χ4v) is 1.31. The van der Waals surface area contributed by atoms with Gasteiger partial charge < -0.3 is 10.5 Å². The number of hydrogen-bond donors (Lipinski definition) is 1. The van der Waals surface area contributed by atoms with Gasteiger partial charge in [0.15, 0.2) is 5.82 Å². The van der Waals surface area contributed by atoms with Crippen LogP contribution < -0.4 is 10.5 Å². The molecule has 88 valence electrons. The summed E-state index contributed by atoms with van der Waals surface area (Å²) in [6.45, 7) is 1.79. The number of halogens is 2. The van der Waals surface area contributed by atoms with Gasteiger partial charge in [-0.25, -0.2) is 13.8 Å². The molecule has 1 aromatic heterocycles. The summed E-state index contributed by atoms with van der Waals surface area (Å²) in [5.74, 6) is -1.49. The van der Waals surface area contributed by atoms with Crippen molar-refractivity contribution in [2.75, 3.05) is 5.73 Å². The summed E-state index contributed by atoms with van der Waals surface area (Å²) in [6.07, 6.45) is 0.889. The standard InChI is InChI=1S/C12H10F2N2O/c1-7-2-3-9(15)5-11(7)17-12-10(14)4-8(13)6-16-12/h2-6H,15H2,1H3. The molecule has 0 amide bonds. The number of nitrogen functional groups attached to an aromatic ring is 1. The Hall–Kier alpha value is -2.17. The maximum atomic E-state index is 13.3. The van der Waals surface area contributed by atoms with Gasteiger partial charge in [0.05, 0.1) is 6.20 Å². The molecule has 0 saturated carbocycles. The number of pyridine rings is 1. The van der Waals surface area contributed by atoms with E-state index in [4.69, 9.17) is 10.5 Å². The quantitative estimate of drug-likeness (QED) is 0.815. The number of rotatable bonds is 2. The summed E-state index contributed by atoms with van der Waals surface area (Å²) in [6, 6.07) is 5.71. The number of benzene rings is 1. The van der Waals surface area contributed by atoms with Gasteiger partial charge in [-0.1, -0.05) is 6.07 Å². The van der Waals surface area contributed by atoms with Gasteiger partial charge in [0, 0.05) is 17.8 Å². The second-order valence-electron chi connectivity index (χ2n) is 3.57. The van der Waals surface area contributed by atoms with Gasteiger partial charge in [0.25, 0.3) is 5.88 Å². The topological polar surface area (TPSA) is 48.1 Å². The molecule has 0 aliphatic carbocycles. The lowest BCUT2D eigenvalue weighted by Gasteiger charge is -2.08. The van der Waals surface area contributed by atoms with Crippen LogP contribution in [0.4, 0.5) is 14.5 Å². The number of anilines is 1. The summed E-state index contributed by atoms with van der Waals surface area (Å²) < 4.78 is 31.2. The van der Waals surface area contributed by atoms with Gasteiger partial charge in [0.2, 0.25) is 0 Å². The van der Waals surface area contributed by atoms with Gasteiger partial charge in [-0.3, -0.25) is 0 Å². The average molecular weight is 236 g/mol. The molecule has 2 aromatic rings. The summed E-state index contributed by atoms with van der Waals surface area (Å²) in [5.41, 5.74) is 6.86. The first-order valence-corrected chi connectivity index (χ1v) is 4.91. The predicted octanol–water partition coefficient (Wildman–Crippen LogP) is 3.04. The first-order valence-electron chi connectivity index (χ1n) is 4.91. The largest absolute Gasteiger partial charge is 0.436 e. The van der Waals surface area contributed by atoms with Crippen LogP contribution in [0.5, 0.6) is 11.6 Å². The lowest BCUT2D eigenvalue weighted by atomic mass is 10.2. The third-order valence-electron chi connectivity index (χ3n) is 2.19. The zero-order valence-electron chi connectivity index (χ0n) is 9.08. The minimum Gasteiger partial charge on any atom is -0.436 e. The second-order valence-corrected chi connectivity index (χ2v) is 3.57. The number of nitrogens with two attached hydrogens (primary N) is 1. The first kappa shape index (κ1) is 11.3. The molecule has 0 aliphatic heterocycles. The van der Waals surface area contributed by atoms with Crippen LogP contribution in [0.25, 0.3) is 0 Å². The van der Waals surface area contributed by atoms with Crippen molar-refractivity contribution in [1.29, 1.82) is 0 Å². The van der Waals surface area contributed by atoms with Crippen molar-refractivity contribution in [3.63, 3.8) is 0 Å². The SMILES string of the molecule is Cc1ccc(N)cc1Oc1ncc(F)cc1F. The summed E-state index contributed by atoms with van der Waals surface area (Å²) in [5, 5.41) is 0. The molecular weight excluding hydrogens is 226 g/mol. The Bertz CT molecular complexity index is 558. The molecule has 5 heteroatoms. The Balaban J connectivity index is 2.34. The van der Waals surface area contributed by atoms with Crippen molar-refractivity contribution in [3.05, 3.63) is 47.7 Å². The third kappa shape index (κ3) is 2.50. The van der Waals surface area contributed by atoms with Crippen LogP contribution in [0.1, 0.15) is 5.56 Å². The minimum absolute atomic E-state index is 0.278. The van der Waals surface area contributed by atoms with E-state index in [2.05, 4.69) is 4.98 Å². The molecule has 2 rings (SSSR count). The van der Waals surface area contributed by atoms with E-state index >= 15 is 0 Å². The van der Waals surface area contributed by atoms with Crippen LogP contribution in [0.2, 0.25) is 0 Å². The molecule has 1 heterocycles. The molecule has 0 saturated heterocycles. The highest BCUT2D eigenvalue weighted by atomic mass is 19.1. The van der Waals surface area contributed by atoms with Crippen LogP contribution in [-0.2, 0) is 0 Å².